The highest BCUT2D eigenvalue weighted by molar-refractivity contribution is 6.18. The van der Waals surface area contributed by atoms with E-state index in [1.54, 1.807) is 0 Å². The summed E-state index contributed by atoms with van der Waals surface area (Å²) >= 11 is 5.87. The van der Waals surface area contributed by atoms with Crippen LogP contribution in [0.3, 0.4) is 0 Å². The maximum Gasteiger partial charge on any atom is 0.0277 e. The Hall–Kier alpha value is 0.290. The second-order valence-electron chi connectivity index (χ2n) is 4.65. The molecule has 0 bridgehead atoms. The van der Waals surface area contributed by atoms with Gasteiger partial charge in [-0.1, -0.05) is 34.6 Å². The quantitative estimate of drug-likeness (QED) is 0.570. The van der Waals surface area contributed by atoms with Gasteiger partial charge in [0.15, 0.2) is 0 Å². The van der Waals surface area contributed by atoms with Gasteiger partial charge in [0, 0.05) is 5.88 Å². The highest BCUT2D eigenvalue weighted by atomic mass is 35.5. The number of hydrogen-bond acceptors (Lipinski definition) is 0. The van der Waals surface area contributed by atoms with Gasteiger partial charge in [-0.2, -0.15) is 0 Å². The molecule has 0 nitrogen and oxygen atoms in total. The molecule has 1 atom stereocenters. The molecule has 0 N–H and O–H groups in total. The summed E-state index contributed by atoms with van der Waals surface area (Å²) < 4.78 is 0. The zero-order valence-corrected chi connectivity index (χ0v) is 9.20. The first-order chi connectivity index (χ1) is 4.90. The number of alkyl halides is 1. The predicted octanol–water partition coefficient (Wildman–Crippen LogP) is 3.93. The van der Waals surface area contributed by atoms with Crippen molar-refractivity contribution in [3.63, 3.8) is 0 Å². The molecule has 1 unspecified atom stereocenters. The molecule has 0 rings (SSSR count). The van der Waals surface area contributed by atoms with Crippen molar-refractivity contribution < 1.29 is 0 Å². The Labute approximate surface area is 76.3 Å². The van der Waals surface area contributed by atoms with Crippen molar-refractivity contribution in [2.24, 2.45) is 17.3 Å². The zero-order valence-electron chi connectivity index (χ0n) is 8.45. The minimum absolute atomic E-state index is 0.297. The van der Waals surface area contributed by atoms with Crippen LogP contribution in [-0.4, -0.2) is 5.88 Å². The van der Waals surface area contributed by atoms with Gasteiger partial charge < -0.3 is 0 Å². The van der Waals surface area contributed by atoms with Crippen molar-refractivity contribution in [2.45, 2.75) is 41.0 Å². The van der Waals surface area contributed by atoms with Crippen molar-refractivity contribution in [3.8, 4) is 0 Å². The molecule has 0 aromatic carbocycles. The molecule has 0 aliphatic rings. The van der Waals surface area contributed by atoms with E-state index in [1.807, 2.05) is 0 Å². The lowest BCUT2D eigenvalue weighted by molar-refractivity contribution is 0.228. The van der Waals surface area contributed by atoms with Gasteiger partial charge in [-0.05, 0) is 23.7 Å². The fourth-order valence-electron chi connectivity index (χ4n) is 1.16. The van der Waals surface area contributed by atoms with Crippen molar-refractivity contribution in [1.29, 1.82) is 0 Å². The molecule has 11 heavy (non-hydrogen) atoms. The molecule has 0 aliphatic carbocycles. The normalized spacial score (nSPS) is 15.5. The van der Waals surface area contributed by atoms with Gasteiger partial charge in [0.1, 0.15) is 0 Å². The van der Waals surface area contributed by atoms with Gasteiger partial charge >= 0.3 is 0 Å². The van der Waals surface area contributed by atoms with Crippen LogP contribution in [0.25, 0.3) is 0 Å². The number of halogens is 1. The molecule has 0 aromatic rings. The molecule has 68 valence electrons. The topological polar surface area (TPSA) is 0 Å². The third-order valence-electron chi connectivity index (χ3n) is 2.50. The second-order valence-corrected chi connectivity index (χ2v) is 4.92. The summed E-state index contributed by atoms with van der Waals surface area (Å²) in [5.74, 6) is 2.27. The number of hydrogen-bond donors (Lipinski definition) is 0. The Balaban J connectivity index is 3.90. The standard InChI is InChI=1S/C10H21Cl/c1-8(2)6-9(3)10(4,5)7-11/h8-9H,6-7H2,1-5H3. The summed E-state index contributed by atoms with van der Waals surface area (Å²) in [5.41, 5.74) is 0.297. The lowest BCUT2D eigenvalue weighted by atomic mass is 9.77. The smallest absolute Gasteiger partial charge is 0.0277 e. The minimum Gasteiger partial charge on any atom is -0.126 e. The fraction of sp³-hybridized carbons (Fsp3) is 1.00. The fourth-order valence-corrected chi connectivity index (χ4v) is 1.42. The van der Waals surface area contributed by atoms with Crippen LogP contribution in [0.15, 0.2) is 0 Å². The van der Waals surface area contributed by atoms with E-state index in [0.717, 1.165) is 17.7 Å². The van der Waals surface area contributed by atoms with Crippen LogP contribution in [0.1, 0.15) is 41.0 Å². The van der Waals surface area contributed by atoms with Gasteiger partial charge in [0.05, 0.1) is 0 Å². The minimum atomic E-state index is 0.297. The lowest BCUT2D eigenvalue weighted by Gasteiger charge is -2.30. The lowest BCUT2D eigenvalue weighted by Crippen LogP contribution is -2.24. The Morgan fingerprint density at radius 1 is 1.18 bits per heavy atom. The van der Waals surface area contributed by atoms with E-state index in [-0.39, 0.29) is 0 Å². The third kappa shape index (κ3) is 4.00. The second kappa shape index (κ2) is 4.35. The molecule has 0 aliphatic heterocycles. The van der Waals surface area contributed by atoms with Crippen molar-refractivity contribution in [3.05, 3.63) is 0 Å². The van der Waals surface area contributed by atoms with Gasteiger partial charge in [-0.25, -0.2) is 0 Å². The van der Waals surface area contributed by atoms with Crippen molar-refractivity contribution in [2.75, 3.05) is 5.88 Å². The van der Waals surface area contributed by atoms with E-state index in [2.05, 4.69) is 34.6 Å². The van der Waals surface area contributed by atoms with Gasteiger partial charge in [0.2, 0.25) is 0 Å². The number of rotatable bonds is 4. The Morgan fingerprint density at radius 2 is 1.64 bits per heavy atom. The van der Waals surface area contributed by atoms with Gasteiger partial charge in [0.25, 0.3) is 0 Å². The van der Waals surface area contributed by atoms with Crippen LogP contribution in [-0.2, 0) is 0 Å². The first kappa shape index (κ1) is 11.3. The first-order valence-electron chi connectivity index (χ1n) is 4.46. The molecule has 0 saturated heterocycles. The summed E-state index contributed by atoms with van der Waals surface area (Å²) in [6.07, 6.45) is 1.28. The summed E-state index contributed by atoms with van der Waals surface area (Å²) in [6, 6.07) is 0. The summed E-state index contributed by atoms with van der Waals surface area (Å²) in [5, 5.41) is 0. The zero-order chi connectivity index (χ0) is 9.07. The van der Waals surface area contributed by atoms with Crippen molar-refractivity contribution >= 4 is 11.6 Å². The van der Waals surface area contributed by atoms with Crippen LogP contribution in [0.5, 0.6) is 0 Å². The predicted molar refractivity (Wildman–Crippen MR) is 53.1 cm³/mol. The summed E-state index contributed by atoms with van der Waals surface area (Å²) in [7, 11) is 0. The highest BCUT2D eigenvalue weighted by Gasteiger charge is 2.24. The molecule has 0 saturated carbocycles. The highest BCUT2D eigenvalue weighted by Crippen LogP contribution is 2.32. The maximum atomic E-state index is 5.87. The van der Waals surface area contributed by atoms with Crippen LogP contribution in [0.4, 0.5) is 0 Å². The van der Waals surface area contributed by atoms with Gasteiger partial charge in [-0.15, -0.1) is 11.6 Å². The largest absolute Gasteiger partial charge is 0.126 e. The average molecular weight is 177 g/mol. The molecule has 1 heteroatoms. The van der Waals surface area contributed by atoms with Crippen LogP contribution in [0.2, 0.25) is 0 Å². The van der Waals surface area contributed by atoms with Crippen LogP contribution < -0.4 is 0 Å². The molecular weight excluding hydrogens is 156 g/mol. The summed E-state index contributed by atoms with van der Waals surface area (Å²) in [4.78, 5) is 0. The molecule has 0 amide bonds. The molecule has 0 aromatic heterocycles. The SMILES string of the molecule is CC(C)CC(C)C(C)(C)CCl. The van der Waals surface area contributed by atoms with E-state index in [4.69, 9.17) is 11.6 Å². The van der Waals surface area contributed by atoms with Crippen molar-refractivity contribution in [1.82, 2.24) is 0 Å². The first-order valence-corrected chi connectivity index (χ1v) is 4.99. The van der Waals surface area contributed by atoms with Gasteiger partial charge in [-0.3, -0.25) is 0 Å². The van der Waals surface area contributed by atoms with Crippen LogP contribution in [0, 0.1) is 17.3 Å². The van der Waals surface area contributed by atoms with E-state index >= 15 is 0 Å². The van der Waals surface area contributed by atoms with E-state index < -0.39 is 0 Å². The monoisotopic (exact) mass is 176 g/mol. The van der Waals surface area contributed by atoms with E-state index in [9.17, 15) is 0 Å². The van der Waals surface area contributed by atoms with E-state index in [0.29, 0.717) is 5.41 Å². The molecule has 0 fully saturated rings. The Bertz CT molecular complexity index is 105. The summed E-state index contributed by atoms with van der Waals surface area (Å²) in [6.45, 7) is 11.3. The van der Waals surface area contributed by atoms with E-state index in [1.165, 1.54) is 6.42 Å². The molecular formula is C10H21Cl. The molecule has 0 radical (unpaired) electrons. The Kier molecular flexibility index (Phi) is 4.46. The molecule has 0 spiro atoms. The maximum absolute atomic E-state index is 5.87. The molecule has 0 heterocycles. The Morgan fingerprint density at radius 3 is 1.91 bits per heavy atom. The average Bonchev–Trinajstić information content (AvgIpc) is 1.86. The van der Waals surface area contributed by atoms with Crippen LogP contribution >= 0.6 is 11.6 Å². The third-order valence-corrected chi connectivity index (χ3v) is 3.19.